The van der Waals surface area contributed by atoms with E-state index in [1.165, 1.54) is 22.3 Å². The van der Waals surface area contributed by atoms with E-state index in [2.05, 4.69) is 84.0 Å². The van der Waals surface area contributed by atoms with Gasteiger partial charge in [-0.2, -0.15) is 0 Å². The summed E-state index contributed by atoms with van der Waals surface area (Å²) in [7, 11) is 0. The minimum absolute atomic E-state index is 0. The molecule has 0 aliphatic heterocycles. The van der Waals surface area contributed by atoms with Gasteiger partial charge in [-0.1, -0.05) is 0 Å². The monoisotopic (exact) mass is 501 g/mol. The normalized spacial score (nSPS) is 14.3. The molecule has 2 aromatic rings. The van der Waals surface area contributed by atoms with E-state index in [9.17, 15) is 0 Å². The van der Waals surface area contributed by atoms with Crippen LogP contribution in [0.4, 0.5) is 0 Å². The van der Waals surface area contributed by atoms with Crippen molar-refractivity contribution < 1.29 is 47.6 Å². The predicted octanol–water partition coefficient (Wildman–Crippen LogP) is 0.336. The minimum atomic E-state index is -0.719. The van der Waals surface area contributed by atoms with E-state index in [0.29, 0.717) is 0 Å². The van der Waals surface area contributed by atoms with Crippen LogP contribution in [0.5, 0.6) is 0 Å². The minimum Gasteiger partial charge on any atom is -1.00 e. The molecule has 0 amide bonds. The van der Waals surface area contributed by atoms with Crippen LogP contribution >= 0.6 is 0 Å². The Kier molecular flexibility index (Phi) is 7.76. The molecule has 4 rings (SSSR count). The maximum absolute atomic E-state index is 2.45. The number of benzene rings is 2. The fourth-order valence-electron chi connectivity index (χ4n) is 4.37. The summed E-state index contributed by atoms with van der Waals surface area (Å²) in [6.45, 7) is 14.0. The van der Waals surface area contributed by atoms with Crippen LogP contribution in [0.15, 0.2) is 53.6 Å². The SMILES string of the molecule is C[C](C)=[Zr+2][c]1c(C2=C(C)C=C(C(C)(C)C)C2)ccc2c1Cc1ccccc1-2.[Cl-].[Cl-]. The molecule has 0 bridgehead atoms. The fraction of sp³-hybridized carbons (Fsp3) is 0.346. The number of fused-ring (bicyclic) bond motifs is 3. The van der Waals surface area contributed by atoms with Crippen molar-refractivity contribution in [1.29, 1.82) is 0 Å². The first-order valence-corrected chi connectivity index (χ1v) is 12.4. The maximum atomic E-state index is 2.45. The van der Waals surface area contributed by atoms with Crippen LogP contribution in [-0.2, 0) is 29.2 Å². The van der Waals surface area contributed by atoms with Crippen molar-refractivity contribution in [3.63, 3.8) is 0 Å². The Hall–Kier alpha value is -0.747. The van der Waals surface area contributed by atoms with Crippen molar-refractivity contribution in [2.75, 3.05) is 0 Å². The third-order valence-electron chi connectivity index (χ3n) is 5.89. The van der Waals surface area contributed by atoms with Crippen LogP contribution in [0.2, 0.25) is 0 Å². The first-order chi connectivity index (χ1) is 12.8. The number of hydrogen-bond acceptors (Lipinski definition) is 0. The third-order valence-corrected chi connectivity index (χ3v) is 9.13. The largest absolute Gasteiger partial charge is 1.00 e. The van der Waals surface area contributed by atoms with Crippen molar-refractivity contribution in [2.45, 2.75) is 54.4 Å². The number of halogens is 2. The van der Waals surface area contributed by atoms with E-state index in [1.54, 1.807) is 28.8 Å². The predicted molar refractivity (Wildman–Crippen MR) is 115 cm³/mol. The summed E-state index contributed by atoms with van der Waals surface area (Å²) in [5, 5.41) is 0. The molecule has 0 radical (unpaired) electrons. The first-order valence-electron chi connectivity index (χ1n) is 9.98. The van der Waals surface area contributed by atoms with Gasteiger partial charge >= 0.3 is 176 Å². The van der Waals surface area contributed by atoms with Gasteiger partial charge in [0.25, 0.3) is 0 Å². The van der Waals surface area contributed by atoms with Gasteiger partial charge in [0.1, 0.15) is 0 Å². The molecule has 0 saturated heterocycles. The smallest absolute Gasteiger partial charge is 1.00 e. The second kappa shape index (κ2) is 9.17. The van der Waals surface area contributed by atoms with E-state index in [1.807, 2.05) is 0 Å². The molecule has 3 heteroatoms. The quantitative estimate of drug-likeness (QED) is 0.473. The van der Waals surface area contributed by atoms with Crippen LogP contribution in [0.1, 0.15) is 64.7 Å². The molecular formula is C26H29Cl2Zr. The Labute approximate surface area is 199 Å². The molecule has 29 heavy (non-hydrogen) atoms. The van der Waals surface area contributed by atoms with Gasteiger partial charge in [0.05, 0.1) is 0 Å². The zero-order valence-electron chi connectivity index (χ0n) is 18.2. The Bertz CT molecular complexity index is 1030. The Morgan fingerprint density at radius 1 is 0.862 bits per heavy atom. The first kappa shape index (κ1) is 24.5. The summed E-state index contributed by atoms with van der Waals surface area (Å²) in [6, 6.07) is 13.8. The van der Waals surface area contributed by atoms with E-state index in [4.69, 9.17) is 0 Å². The molecule has 2 aliphatic rings. The Morgan fingerprint density at radius 3 is 2.14 bits per heavy atom. The molecule has 0 saturated carbocycles. The van der Waals surface area contributed by atoms with Crippen molar-refractivity contribution >= 4 is 12.1 Å². The molecule has 0 N–H and O–H groups in total. The van der Waals surface area contributed by atoms with Gasteiger partial charge in [0.15, 0.2) is 0 Å². The summed E-state index contributed by atoms with van der Waals surface area (Å²) in [5.74, 6) is 0. The third kappa shape index (κ3) is 4.63. The standard InChI is InChI=1S/C23H23.C3H6.2ClH.Zr/c1-15-11-19(23(2,3)4)14-22(15)17-9-10-21-18(13-17)12-16-7-5-6-8-20(16)21;1-3-2;;;/h5-11H,12,14H2,1-4H3;1-2H3;2*1H;/q;;;;+2/p-2. The van der Waals surface area contributed by atoms with Gasteiger partial charge in [0, 0.05) is 0 Å². The van der Waals surface area contributed by atoms with Gasteiger partial charge in [-0.05, 0) is 0 Å². The van der Waals surface area contributed by atoms with Crippen molar-refractivity contribution in [3.8, 4) is 11.1 Å². The summed E-state index contributed by atoms with van der Waals surface area (Å²) in [6.07, 6.45) is 4.69. The van der Waals surface area contributed by atoms with Gasteiger partial charge < -0.3 is 24.8 Å². The average molecular weight is 504 g/mol. The van der Waals surface area contributed by atoms with Crippen molar-refractivity contribution in [2.24, 2.45) is 5.41 Å². The molecule has 0 heterocycles. The van der Waals surface area contributed by atoms with Crippen LogP contribution in [-0.4, -0.2) is 3.21 Å². The Balaban J connectivity index is 0.00000150. The molecule has 2 aliphatic carbocycles. The van der Waals surface area contributed by atoms with Crippen LogP contribution in [0.25, 0.3) is 16.7 Å². The molecule has 0 spiro atoms. The van der Waals surface area contributed by atoms with Gasteiger partial charge in [0.2, 0.25) is 0 Å². The van der Waals surface area contributed by atoms with E-state index in [-0.39, 0.29) is 30.2 Å². The molecule has 2 aromatic carbocycles. The second-order valence-corrected chi connectivity index (χ2v) is 13.5. The Morgan fingerprint density at radius 2 is 1.52 bits per heavy atom. The van der Waals surface area contributed by atoms with Crippen LogP contribution < -0.4 is 28.1 Å². The molecule has 0 nitrogen and oxygen atoms in total. The molecule has 0 aromatic heterocycles. The topological polar surface area (TPSA) is 0 Å². The summed E-state index contributed by atoms with van der Waals surface area (Å²) >= 11 is -0.719. The number of rotatable bonds is 2. The summed E-state index contributed by atoms with van der Waals surface area (Å²) in [5.41, 5.74) is 12.5. The molecule has 0 fully saturated rings. The van der Waals surface area contributed by atoms with E-state index >= 15 is 0 Å². The van der Waals surface area contributed by atoms with Crippen molar-refractivity contribution in [3.05, 3.63) is 70.3 Å². The van der Waals surface area contributed by atoms with Crippen LogP contribution in [0, 0.1) is 5.41 Å². The molecule has 151 valence electrons. The van der Waals surface area contributed by atoms with E-state index in [0.717, 1.165) is 12.8 Å². The second-order valence-electron chi connectivity index (χ2n) is 9.23. The zero-order valence-corrected chi connectivity index (χ0v) is 22.2. The zero-order chi connectivity index (χ0) is 19.3. The fourth-order valence-corrected chi connectivity index (χ4v) is 7.43. The summed E-state index contributed by atoms with van der Waals surface area (Å²) < 4.78 is 3.38. The number of allylic oxidation sites excluding steroid dienone is 4. The summed E-state index contributed by atoms with van der Waals surface area (Å²) in [4.78, 5) is 0. The van der Waals surface area contributed by atoms with Crippen LogP contribution in [0.3, 0.4) is 0 Å². The maximum Gasteiger partial charge on any atom is -1.00 e. The molecular weight excluding hydrogens is 474 g/mol. The molecule has 0 unspecified atom stereocenters. The average Bonchev–Trinajstić information content (AvgIpc) is 3.15. The van der Waals surface area contributed by atoms with Gasteiger partial charge in [-0.3, -0.25) is 0 Å². The van der Waals surface area contributed by atoms with Crippen molar-refractivity contribution in [1.82, 2.24) is 0 Å². The van der Waals surface area contributed by atoms with Gasteiger partial charge in [-0.15, -0.1) is 0 Å². The van der Waals surface area contributed by atoms with Gasteiger partial charge in [-0.25, -0.2) is 0 Å². The van der Waals surface area contributed by atoms with E-state index < -0.39 is 22.8 Å². The molecule has 0 atom stereocenters. The number of hydrogen-bond donors (Lipinski definition) is 0.